The molecule has 0 aromatic heterocycles. The van der Waals surface area contributed by atoms with E-state index in [-0.39, 0.29) is 18.6 Å². The number of carboxylic acids is 1. The van der Waals surface area contributed by atoms with Crippen molar-refractivity contribution >= 4 is 5.97 Å². The molecule has 4 atom stereocenters. The van der Waals surface area contributed by atoms with E-state index in [0.717, 1.165) is 19.3 Å². The highest BCUT2D eigenvalue weighted by atomic mass is 16.6. The molecule has 2 aliphatic rings. The summed E-state index contributed by atoms with van der Waals surface area (Å²) in [4.78, 5) is 10.8. The number of aliphatic hydroxyl groups is 2. The summed E-state index contributed by atoms with van der Waals surface area (Å²) in [6.07, 6.45) is 8.13. The minimum absolute atomic E-state index is 0.0647. The predicted octanol–water partition coefficient (Wildman–Crippen LogP) is 3.69. The lowest BCUT2D eigenvalue weighted by molar-refractivity contribution is -0.205. The Labute approximate surface area is 167 Å². The quantitative estimate of drug-likeness (QED) is 0.233. The van der Waals surface area contributed by atoms with Gasteiger partial charge in [-0.15, -0.1) is 0 Å². The number of carboxylic acid groups (broad SMARTS) is 1. The molecule has 3 N–H and O–H groups in total. The fourth-order valence-corrected chi connectivity index (χ4v) is 4.52. The number of rotatable bonds is 11. The van der Waals surface area contributed by atoms with Gasteiger partial charge in [0.05, 0.1) is 12.2 Å². The van der Waals surface area contributed by atoms with Crippen molar-refractivity contribution in [1.29, 1.82) is 0 Å². The van der Waals surface area contributed by atoms with Gasteiger partial charge in [0.1, 0.15) is 0 Å². The molecule has 2 fully saturated rings. The Morgan fingerprint density at radius 2 is 1.89 bits per heavy atom. The van der Waals surface area contributed by atoms with Crippen molar-refractivity contribution < 1.29 is 24.9 Å². The van der Waals surface area contributed by atoms with Gasteiger partial charge >= 0.3 is 5.97 Å². The van der Waals surface area contributed by atoms with E-state index in [1.54, 1.807) is 0 Å². The molecule has 1 aliphatic carbocycles. The van der Waals surface area contributed by atoms with E-state index < -0.39 is 11.8 Å². The van der Waals surface area contributed by atoms with Gasteiger partial charge in [-0.05, 0) is 62.3 Å². The second kappa shape index (κ2) is 9.21. The second-order valence-corrected chi connectivity index (χ2v) is 8.40. The number of aryl methyl sites for hydroxylation is 1. The molecule has 154 valence electrons. The molecule has 0 spiro atoms. The lowest BCUT2D eigenvalue weighted by Crippen LogP contribution is -2.38. The Hall–Kier alpha value is -1.69. The van der Waals surface area contributed by atoms with E-state index in [9.17, 15) is 15.0 Å². The number of allylic oxidation sites excluding steroid dienone is 1. The molecular weight excluding hydrogens is 356 g/mol. The normalized spacial score (nSPS) is 27.1. The summed E-state index contributed by atoms with van der Waals surface area (Å²) in [7, 11) is 0. The zero-order valence-electron chi connectivity index (χ0n) is 16.4. The highest BCUT2D eigenvalue weighted by Gasteiger charge is 2.45. The van der Waals surface area contributed by atoms with Crippen LogP contribution in [0.25, 0.3) is 0 Å². The van der Waals surface area contributed by atoms with Crippen LogP contribution in [0.5, 0.6) is 0 Å². The average molecular weight is 389 g/mol. The van der Waals surface area contributed by atoms with E-state index in [4.69, 9.17) is 9.84 Å². The SMILES string of the molecule is C=C1CC[C@H](CCCCc2ccccc2)[C@H]1C[C@H]1OC1CCC(O)(O)C(=O)O. The third-order valence-corrected chi connectivity index (χ3v) is 6.36. The zero-order valence-corrected chi connectivity index (χ0v) is 16.4. The molecule has 1 saturated heterocycles. The highest BCUT2D eigenvalue weighted by Crippen LogP contribution is 2.45. The lowest BCUT2D eigenvalue weighted by Gasteiger charge is -2.20. The Balaban J connectivity index is 1.38. The smallest absolute Gasteiger partial charge is 0.364 e. The van der Waals surface area contributed by atoms with Gasteiger partial charge in [-0.1, -0.05) is 48.9 Å². The van der Waals surface area contributed by atoms with E-state index >= 15 is 0 Å². The summed E-state index contributed by atoms with van der Waals surface area (Å²) >= 11 is 0. The van der Waals surface area contributed by atoms with Crippen molar-refractivity contribution in [2.75, 3.05) is 0 Å². The molecule has 1 heterocycles. The summed E-state index contributed by atoms with van der Waals surface area (Å²) < 4.78 is 5.68. The van der Waals surface area contributed by atoms with Crippen LogP contribution in [0, 0.1) is 11.8 Å². The van der Waals surface area contributed by atoms with Crippen LogP contribution in [-0.4, -0.2) is 39.3 Å². The molecule has 1 aromatic carbocycles. The summed E-state index contributed by atoms with van der Waals surface area (Å²) in [5.41, 5.74) is 2.71. The monoisotopic (exact) mass is 388 g/mol. The third-order valence-electron chi connectivity index (χ3n) is 6.36. The number of benzene rings is 1. The molecule has 5 nitrogen and oxygen atoms in total. The van der Waals surface area contributed by atoms with Gasteiger partial charge in [-0.3, -0.25) is 0 Å². The van der Waals surface area contributed by atoms with Crippen LogP contribution in [-0.2, 0) is 16.0 Å². The Kier molecular flexibility index (Phi) is 6.91. The standard InChI is InChI=1S/C23H32O5/c1-16-11-12-18(10-6-5-9-17-7-3-2-4-8-17)19(16)15-21-20(28-21)13-14-23(26,27)22(24)25/h2-4,7-8,18-21,26-27H,1,5-6,9-15H2,(H,24,25)/t18-,19-,20?,21+/m0/s1. The Morgan fingerprint density at radius 1 is 1.14 bits per heavy atom. The molecule has 1 unspecified atom stereocenters. The zero-order chi connectivity index (χ0) is 20.1. The van der Waals surface area contributed by atoms with Crippen LogP contribution < -0.4 is 0 Å². The summed E-state index contributed by atoms with van der Waals surface area (Å²) in [6.45, 7) is 4.26. The first-order chi connectivity index (χ1) is 13.4. The van der Waals surface area contributed by atoms with Crippen molar-refractivity contribution in [2.24, 2.45) is 11.8 Å². The van der Waals surface area contributed by atoms with Gasteiger partial charge in [0.25, 0.3) is 5.79 Å². The second-order valence-electron chi connectivity index (χ2n) is 8.40. The van der Waals surface area contributed by atoms with Crippen molar-refractivity contribution in [3.8, 4) is 0 Å². The van der Waals surface area contributed by atoms with Crippen LogP contribution in [0.1, 0.15) is 56.9 Å². The number of aliphatic carboxylic acids is 1. The lowest BCUT2D eigenvalue weighted by atomic mass is 9.85. The number of hydrogen-bond donors (Lipinski definition) is 3. The van der Waals surface area contributed by atoms with Gasteiger partial charge in [0.2, 0.25) is 0 Å². The fourth-order valence-electron chi connectivity index (χ4n) is 4.52. The summed E-state index contributed by atoms with van der Waals surface area (Å²) in [5, 5.41) is 27.6. The molecular formula is C23H32O5. The van der Waals surface area contributed by atoms with E-state index in [1.165, 1.54) is 36.8 Å². The first-order valence-electron chi connectivity index (χ1n) is 10.4. The number of hydrogen-bond acceptors (Lipinski definition) is 4. The predicted molar refractivity (Wildman–Crippen MR) is 107 cm³/mol. The summed E-state index contributed by atoms with van der Waals surface area (Å²) in [6, 6.07) is 10.6. The van der Waals surface area contributed by atoms with E-state index in [0.29, 0.717) is 18.3 Å². The minimum atomic E-state index is -2.66. The van der Waals surface area contributed by atoms with Crippen molar-refractivity contribution in [1.82, 2.24) is 0 Å². The van der Waals surface area contributed by atoms with Crippen molar-refractivity contribution in [3.05, 3.63) is 48.0 Å². The molecule has 1 saturated carbocycles. The average Bonchev–Trinajstić information content (AvgIpc) is 3.34. The van der Waals surface area contributed by atoms with Gasteiger partial charge in [-0.25, -0.2) is 4.79 Å². The van der Waals surface area contributed by atoms with Crippen LogP contribution >= 0.6 is 0 Å². The molecule has 5 heteroatoms. The topological polar surface area (TPSA) is 90.3 Å². The number of epoxide rings is 1. The maximum absolute atomic E-state index is 10.8. The number of ether oxygens (including phenoxy) is 1. The van der Waals surface area contributed by atoms with Crippen molar-refractivity contribution in [2.45, 2.75) is 75.8 Å². The van der Waals surface area contributed by atoms with E-state index in [2.05, 4.69) is 30.8 Å². The van der Waals surface area contributed by atoms with Gasteiger partial charge in [0, 0.05) is 6.42 Å². The number of carbonyl (C=O) groups is 1. The molecule has 0 bridgehead atoms. The van der Waals surface area contributed by atoms with Crippen LogP contribution in [0.2, 0.25) is 0 Å². The molecule has 1 aliphatic heterocycles. The van der Waals surface area contributed by atoms with E-state index in [1.807, 2.05) is 6.07 Å². The van der Waals surface area contributed by atoms with Crippen LogP contribution in [0.3, 0.4) is 0 Å². The molecule has 3 rings (SSSR count). The molecule has 0 radical (unpaired) electrons. The number of unbranched alkanes of at least 4 members (excludes halogenated alkanes) is 1. The Morgan fingerprint density at radius 3 is 2.61 bits per heavy atom. The van der Waals surface area contributed by atoms with Crippen LogP contribution in [0.4, 0.5) is 0 Å². The van der Waals surface area contributed by atoms with Gasteiger partial charge < -0.3 is 20.1 Å². The minimum Gasteiger partial charge on any atom is -0.477 e. The Bertz CT molecular complexity index is 669. The fraction of sp³-hybridized carbons (Fsp3) is 0.609. The largest absolute Gasteiger partial charge is 0.477 e. The van der Waals surface area contributed by atoms with Crippen molar-refractivity contribution in [3.63, 3.8) is 0 Å². The highest BCUT2D eigenvalue weighted by molar-refractivity contribution is 5.74. The summed E-state index contributed by atoms with van der Waals surface area (Å²) in [5.74, 6) is -3.14. The van der Waals surface area contributed by atoms with Gasteiger partial charge in [0.15, 0.2) is 0 Å². The van der Waals surface area contributed by atoms with Crippen LogP contribution in [0.15, 0.2) is 42.5 Å². The maximum atomic E-state index is 10.8. The molecule has 0 amide bonds. The third kappa shape index (κ3) is 5.66. The first-order valence-corrected chi connectivity index (χ1v) is 10.4. The molecule has 1 aromatic rings. The maximum Gasteiger partial charge on any atom is 0.364 e. The van der Waals surface area contributed by atoms with Gasteiger partial charge in [-0.2, -0.15) is 0 Å². The molecule has 28 heavy (non-hydrogen) atoms. The first kappa shape index (κ1) is 21.0.